The van der Waals surface area contributed by atoms with Crippen LogP contribution in [0.25, 0.3) is 0 Å². The number of carbonyl (C=O) groups excluding carboxylic acids is 1. The monoisotopic (exact) mass is 365 g/mol. The molecule has 1 aromatic rings. The quantitative estimate of drug-likeness (QED) is 0.807. The van der Waals surface area contributed by atoms with E-state index in [-0.39, 0.29) is 12.4 Å². The molecule has 1 amide bonds. The number of carbonyl (C=O) groups is 1. The van der Waals surface area contributed by atoms with Gasteiger partial charge in [-0.15, -0.1) is 12.4 Å². The molecule has 2 saturated heterocycles. The van der Waals surface area contributed by atoms with Crippen molar-refractivity contribution in [2.45, 2.75) is 50.7 Å². The fraction of sp³-hybridized carbons (Fsp3) is 0.650. The van der Waals surface area contributed by atoms with Gasteiger partial charge in [0.05, 0.1) is 0 Å². The highest BCUT2D eigenvalue weighted by Crippen LogP contribution is 2.33. The number of hydrogen-bond donors (Lipinski definition) is 1. The second-order valence-corrected chi connectivity index (χ2v) is 7.78. The summed E-state index contributed by atoms with van der Waals surface area (Å²) >= 11 is 0. The highest BCUT2D eigenvalue weighted by atomic mass is 35.5. The Bertz CT molecular complexity index is 525. The number of rotatable bonds is 7. The highest BCUT2D eigenvalue weighted by molar-refractivity contribution is 5.85. The summed E-state index contributed by atoms with van der Waals surface area (Å²) in [4.78, 5) is 17.2. The number of amides is 1. The van der Waals surface area contributed by atoms with E-state index in [1.165, 1.54) is 31.2 Å². The zero-order chi connectivity index (χ0) is 16.9. The molecule has 0 aromatic heterocycles. The first-order valence-electron chi connectivity index (χ1n) is 9.32. The van der Waals surface area contributed by atoms with E-state index in [1.807, 2.05) is 6.07 Å². The number of likely N-dealkylation sites (N-methyl/N-ethyl adjacent to an activating group) is 1. The molecule has 2 unspecified atom stereocenters. The highest BCUT2D eigenvalue weighted by Gasteiger charge is 2.34. The van der Waals surface area contributed by atoms with Gasteiger partial charge < -0.3 is 15.1 Å². The third kappa shape index (κ3) is 5.98. The van der Waals surface area contributed by atoms with Crippen LogP contribution in [0.4, 0.5) is 0 Å². The van der Waals surface area contributed by atoms with Crippen molar-refractivity contribution in [3.63, 3.8) is 0 Å². The van der Waals surface area contributed by atoms with Crippen LogP contribution in [0.3, 0.4) is 0 Å². The van der Waals surface area contributed by atoms with Crippen molar-refractivity contribution < 1.29 is 4.79 Å². The van der Waals surface area contributed by atoms with E-state index in [0.29, 0.717) is 23.9 Å². The van der Waals surface area contributed by atoms with E-state index in [4.69, 9.17) is 0 Å². The molecule has 3 rings (SSSR count). The normalized spacial score (nSPS) is 24.8. The summed E-state index contributed by atoms with van der Waals surface area (Å²) in [5.74, 6) is 0.890. The lowest BCUT2D eigenvalue weighted by Crippen LogP contribution is -2.41. The standard InChI is InChI=1S/C20H31N3O.ClH/c1-22(2)10-11-23(15-16-6-4-3-5-7-16)20(24)14-17-12-18-8-9-19(13-17)21-18;/h3-7,17-19,21H,8-15H2,1-2H3;1H. The van der Waals surface area contributed by atoms with Gasteiger partial charge in [0.1, 0.15) is 0 Å². The minimum Gasteiger partial charge on any atom is -0.337 e. The predicted molar refractivity (Wildman–Crippen MR) is 105 cm³/mol. The molecule has 2 heterocycles. The average molecular weight is 366 g/mol. The van der Waals surface area contributed by atoms with Crippen molar-refractivity contribution in [3.8, 4) is 0 Å². The third-order valence-electron chi connectivity index (χ3n) is 5.42. The molecule has 0 aliphatic carbocycles. The first-order chi connectivity index (χ1) is 11.6. The van der Waals surface area contributed by atoms with Crippen molar-refractivity contribution in [2.75, 3.05) is 27.2 Å². The molecule has 0 spiro atoms. The summed E-state index contributed by atoms with van der Waals surface area (Å²) in [6, 6.07) is 11.7. The molecular weight excluding hydrogens is 334 g/mol. The minimum atomic E-state index is 0. The van der Waals surface area contributed by atoms with Crippen LogP contribution in [0.5, 0.6) is 0 Å². The molecule has 140 valence electrons. The van der Waals surface area contributed by atoms with Gasteiger partial charge in [-0.2, -0.15) is 0 Å². The predicted octanol–water partition coefficient (Wildman–Crippen LogP) is 2.92. The van der Waals surface area contributed by atoms with Crippen LogP contribution in [0, 0.1) is 5.92 Å². The maximum absolute atomic E-state index is 12.9. The second-order valence-electron chi connectivity index (χ2n) is 7.78. The number of fused-ring (bicyclic) bond motifs is 2. The molecule has 0 saturated carbocycles. The van der Waals surface area contributed by atoms with Crippen molar-refractivity contribution in [3.05, 3.63) is 35.9 Å². The van der Waals surface area contributed by atoms with Crippen LogP contribution in [0.1, 0.15) is 37.7 Å². The van der Waals surface area contributed by atoms with Crippen molar-refractivity contribution in [1.82, 2.24) is 15.1 Å². The molecule has 2 aliphatic rings. The zero-order valence-corrected chi connectivity index (χ0v) is 16.3. The van der Waals surface area contributed by atoms with Gasteiger partial charge in [0.25, 0.3) is 0 Å². The third-order valence-corrected chi connectivity index (χ3v) is 5.42. The van der Waals surface area contributed by atoms with Gasteiger partial charge in [0.2, 0.25) is 5.91 Å². The second kappa shape index (κ2) is 9.56. The van der Waals surface area contributed by atoms with E-state index >= 15 is 0 Å². The smallest absolute Gasteiger partial charge is 0.223 e. The van der Waals surface area contributed by atoms with Crippen LogP contribution < -0.4 is 5.32 Å². The number of nitrogens with one attached hydrogen (secondary N) is 1. The van der Waals surface area contributed by atoms with Crippen LogP contribution in [0.15, 0.2) is 30.3 Å². The molecule has 2 bridgehead atoms. The Kier molecular flexibility index (Phi) is 7.73. The van der Waals surface area contributed by atoms with Gasteiger partial charge in [0, 0.05) is 38.1 Å². The summed E-state index contributed by atoms with van der Waals surface area (Å²) in [6.45, 7) is 2.44. The lowest BCUT2D eigenvalue weighted by atomic mass is 9.89. The Morgan fingerprint density at radius 3 is 2.32 bits per heavy atom. The van der Waals surface area contributed by atoms with Crippen LogP contribution in [-0.4, -0.2) is 55.0 Å². The van der Waals surface area contributed by atoms with E-state index in [2.05, 4.69) is 53.5 Å². The number of nitrogens with zero attached hydrogens (tertiary/aromatic N) is 2. The lowest BCUT2D eigenvalue weighted by molar-refractivity contribution is -0.133. The lowest BCUT2D eigenvalue weighted by Gasteiger charge is -2.31. The summed E-state index contributed by atoms with van der Waals surface area (Å²) in [5.41, 5.74) is 1.22. The molecule has 1 aromatic carbocycles. The molecule has 25 heavy (non-hydrogen) atoms. The van der Waals surface area contributed by atoms with E-state index in [1.54, 1.807) is 0 Å². The molecule has 4 nitrogen and oxygen atoms in total. The Morgan fingerprint density at radius 2 is 1.72 bits per heavy atom. The van der Waals surface area contributed by atoms with Crippen molar-refractivity contribution in [2.24, 2.45) is 5.92 Å². The first-order valence-corrected chi connectivity index (χ1v) is 9.32. The van der Waals surface area contributed by atoms with Gasteiger partial charge in [-0.25, -0.2) is 0 Å². The molecule has 0 radical (unpaired) electrons. The van der Waals surface area contributed by atoms with Crippen LogP contribution >= 0.6 is 12.4 Å². The maximum Gasteiger partial charge on any atom is 0.223 e. The van der Waals surface area contributed by atoms with Crippen molar-refractivity contribution in [1.29, 1.82) is 0 Å². The summed E-state index contributed by atoms with van der Waals surface area (Å²) < 4.78 is 0. The molecule has 1 N–H and O–H groups in total. The molecule has 2 atom stereocenters. The van der Waals surface area contributed by atoms with Gasteiger partial charge in [-0.3, -0.25) is 4.79 Å². The molecular formula is C20H32ClN3O. The van der Waals surface area contributed by atoms with Gasteiger partial charge in [-0.05, 0) is 51.3 Å². The number of halogens is 1. The van der Waals surface area contributed by atoms with Gasteiger partial charge in [-0.1, -0.05) is 30.3 Å². The zero-order valence-electron chi connectivity index (χ0n) is 15.5. The van der Waals surface area contributed by atoms with E-state index in [0.717, 1.165) is 26.1 Å². The Hall–Kier alpha value is -1.10. The summed E-state index contributed by atoms with van der Waals surface area (Å²) in [7, 11) is 4.13. The summed E-state index contributed by atoms with van der Waals surface area (Å²) in [5, 5.41) is 3.67. The average Bonchev–Trinajstić information content (AvgIpc) is 2.90. The fourth-order valence-corrected chi connectivity index (χ4v) is 4.13. The van der Waals surface area contributed by atoms with Crippen molar-refractivity contribution >= 4 is 18.3 Å². The Morgan fingerprint density at radius 1 is 1.08 bits per heavy atom. The Balaban J connectivity index is 0.00000225. The van der Waals surface area contributed by atoms with E-state index < -0.39 is 0 Å². The summed E-state index contributed by atoms with van der Waals surface area (Å²) in [6.07, 6.45) is 5.66. The van der Waals surface area contributed by atoms with Crippen LogP contribution in [0.2, 0.25) is 0 Å². The molecule has 5 heteroatoms. The number of piperidine rings is 1. The van der Waals surface area contributed by atoms with Crippen LogP contribution in [-0.2, 0) is 11.3 Å². The number of hydrogen-bond acceptors (Lipinski definition) is 3. The first kappa shape index (κ1) is 20.2. The Labute approximate surface area is 158 Å². The maximum atomic E-state index is 12.9. The van der Waals surface area contributed by atoms with Gasteiger partial charge >= 0.3 is 0 Å². The minimum absolute atomic E-state index is 0. The largest absolute Gasteiger partial charge is 0.337 e. The molecule has 2 aliphatic heterocycles. The van der Waals surface area contributed by atoms with Gasteiger partial charge in [0.15, 0.2) is 0 Å². The number of benzene rings is 1. The SMILES string of the molecule is CN(C)CCN(Cc1ccccc1)C(=O)CC1CC2CCC(C1)N2.Cl. The fourth-order valence-electron chi connectivity index (χ4n) is 4.13. The topological polar surface area (TPSA) is 35.6 Å². The van der Waals surface area contributed by atoms with E-state index in [9.17, 15) is 4.79 Å². The molecule has 2 fully saturated rings.